The predicted molar refractivity (Wildman–Crippen MR) is 203 cm³/mol. The summed E-state index contributed by atoms with van der Waals surface area (Å²) in [6.45, 7) is 4.73. The van der Waals surface area contributed by atoms with E-state index in [0.717, 1.165) is 0 Å². The van der Waals surface area contributed by atoms with E-state index in [0.29, 0.717) is 0 Å². The van der Waals surface area contributed by atoms with E-state index in [1.165, 1.54) is 90.9 Å². The minimum absolute atomic E-state index is 0.0798. The van der Waals surface area contributed by atoms with E-state index < -0.39 is 0 Å². The quantitative estimate of drug-likeness (QED) is 0.134. The Hall–Kier alpha value is -5.14. The molecule has 1 aromatic heterocycles. The van der Waals surface area contributed by atoms with Crippen LogP contribution in [0, 0.1) is 0 Å². The van der Waals surface area contributed by atoms with E-state index >= 15 is 0 Å². The molecule has 0 saturated heterocycles. The van der Waals surface area contributed by atoms with E-state index in [2.05, 4.69) is 170 Å². The van der Waals surface area contributed by atoms with Gasteiger partial charge < -0.3 is 0 Å². The first-order valence-electron chi connectivity index (χ1n) is 16.4. The number of hydrogen-bond acceptors (Lipinski definition) is 1. The van der Waals surface area contributed by atoms with Crippen LogP contribution in [0.4, 0.5) is 17.1 Å². The van der Waals surface area contributed by atoms with Gasteiger partial charge in [0.1, 0.15) is 0 Å². The van der Waals surface area contributed by atoms with Crippen LogP contribution in [0.2, 0.25) is 0 Å². The summed E-state index contributed by atoms with van der Waals surface area (Å²) in [5, 5.41) is 10.6. The second-order valence-corrected chi connectivity index (χ2v) is 15.5. The van der Waals surface area contributed by atoms with Crippen LogP contribution in [0.1, 0.15) is 25.0 Å². The van der Waals surface area contributed by atoms with Crippen molar-refractivity contribution in [1.29, 1.82) is 0 Å². The van der Waals surface area contributed by atoms with Gasteiger partial charge in [-0.1, -0.05) is 0 Å². The van der Waals surface area contributed by atoms with Gasteiger partial charge in [0.15, 0.2) is 0 Å². The molecule has 1 aliphatic rings. The molecule has 0 spiro atoms. The van der Waals surface area contributed by atoms with Crippen molar-refractivity contribution in [3.63, 3.8) is 0 Å². The van der Waals surface area contributed by atoms with Crippen molar-refractivity contribution in [2.24, 2.45) is 0 Å². The third-order valence-electron chi connectivity index (χ3n) is 10.4. The molecule has 10 rings (SSSR count). The fourth-order valence-corrected chi connectivity index (χ4v) is 10.8. The van der Waals surface area contributed by atoms with Crippen LogP contribution in [0.15, 0.2) is 152 Å². The average molecular weight is 665 g/mol. The van der Waals surface area contributed by atoms with Gasteiger partial charge in [-0.2, -0.15) is 0 Å². The summed E-state index contributed by atoms with van der Waals surface area (Å²) >= 11 is 0.267. The molecular formula is C45H31NSe. The van der Waals surface area contributed by atoms with Crippen molar-refractivity contribution in [2.75, 3.05) is 4.90 Å². The van der Waals surface area contributed by atoms with E-state index in [1.807, 2.05) is 0 Å². The van der Waals surface area contributed by atoms with E-state index in [4.69, 9.17) is 0 Å². The topological polar surface area (TPSA) is 3.24 Å². The third kappa shape index (κ3) is 3.83. The van der Waals surface area contributed by atoms with Gasteiger partial charge >= 0.3 is 281 Å². The Bertz CT molecular complexity index is 2730. The second kappa shape index (κ2) is 9.93. The van der Waals surface area contributed by atoms with E-state index in [9.17, 15) is 0 Å². The first-order valence-corrected chi connectivity index (χ1v) is 18.1. The van der Waals surface area contributed by atoms with Crippen molar-refractivity contribution in [3.05, 3.63) is 163 Å². The molecule has 1 nitrogen and oxygen atoms in total. The zero-order valence-electron chi connectivity index (χ0n) is 26.3. The number of hydrogen-bond donors (Lipinski definition) is 0. The van der Waals surface area contributed by atoms with Gasteiger partial charge in [-0.3, -0.25) is 0 Å². The molecule has 1 aliphatic carbocycles. The normalized spacial score (nSPS) is 13.5. The number of fused-ring (bicyclic) bond motifs is 11. The maximum absolute atomic E-state index is 2.53. The third-order valence-corrected chi connectivity index (χ3v) is 12.9. The molecule has 0 unspecified atom stereocenters. The van der Waals surface area contributed by atoms with Crippen molar-refractivity contribution in [2.45, 2.75) is 19.3 Å². The van der Waals surface area contributed by atoms with Gasteiger partial charge in [-0.25, -0.2) is 0 Å². The zero-order chi connectivity index (χ0) is 31.3. The molecule has 0 radical (unpaired) electrons. The SMILES string of the molecule is CC1(C)c2ccccc2-c2c(N(c3ccc4ccccc4c3)c3cccc4c3ccc3ccc5c6ccccc6[se]c5c34)cccc21. The summed E-state index contributed by atoms with van der Waals surface area (Å²) in [5.41, 5.74) is 8.95. The summed E-state index contributed by atoms with van der Waals surface area (Å²) in [7, 11) is 0. The molecule has 0 fully saturated rings. The Kier molecular flexibility index (Phi) is 5.71. The molecule has 222 valence electrons. The van der Waals surface area contributed by atoms with Crippen molar-refractivity contribution >= 4 is 83.2 Å². The molecule has 0 aliphatic heterocycles. The van der Waals surface area contributed by atoms with Gasteiger partial charge in [0, 0.05) is 0 Å². The van der Waals surface area contributed by atoms with Crippen molar-refractivity contribution in [1.82, 2.24) is 0 Å². The fraction of sp³-hybridized carbons (Fsp3) is 0.0667. The Morgan fingerprint density at radius 2 is 1.17 bits per heavy atom. The maximum atomic E-state index is 2.53. The van der Waals surface area contributed by atoms with E-state index in [1.54, 1.807) is 0 Å². The van der Waals surface area contributed by atoms with Crippen LogP contribution in [-0.2, 0) is 5.41 Å². The molecule has 0 amide bonds. The summed E-state index contributed by atoms with van der Waals surface area (Å²) in [6.07, 6.45) is 0. The number of benzene rings is 8. The summed E-state index contributed by atoms with van der Waals surface area (Å²) in [5.74, 6) is 0. The molecule has 0 atom stereocenters. The Morgan fingerprint density at radius 3 is 2.09 bits per heavy atom. The number of anilines is 3. The monoisotopic (exact) mass is 665 g/mol. The van der Waals surface area contributed by atoms with Crippen LogP contribution in [0.3, 0.4) is 0 Å². The molecule has 1 heterocycles. The Morgan fingerprint density at radius 1 is 0.489 bits per heavy atom. The van der Waals surface area contributed by atoms with Gasteiger partial charge in [0.25, 0.3) is 0 Å². The summed E-state index contributed by atoms with van der Waals surface area (Å²) < 4.78 is 2.99. The molecule has 2 heteroatoms. The van der Waals surface area contributed by atoms with Crippen LogP contribution in [0.5, 0.6) is 0 Å². The molecule has 47 heavy (non-hydrogen) atoms. The molecule has 0 bridgehead atoms. The van der Waals surface area contributed by atoms with Gasteiger partial charge in [0.2, 0.25) is 0 Å². The molecule has 8 aromatic carbocycles. The van der Waals surface area contributed by atoms with Crippen LogP contribution >= 0.6 is 0 Å². The standard InChI is InChI=1S/C45H31NSe/c1-45(2)37-16-7-5-14-36(37)43-38(45)17-10-19-40(43)46(31-24-21-28-11-3-4-12-30(28)27-31)39-18-9-15-34-32(39)25-22-29-23-26-35-33-13-6-8-20-41(33)47-44(35)42(29)34/h3-27H,1-2H3. The molecule has 0 saturated carbocycles. The van der Waals surface area contributed by atoms with E-state index in [-0.39, 0.29) is 19.9 Å². The first kappa shape index (κ1) is 27.0. The van der Waals surface area contributed by atoms with Gasteiger partial charge in [0.05, 0.1) is 0 Å². The molecule has 0 N–H and O–H groups in total. The van der Waals surface area contributed by atoms with Crippen LogP contribution < -0.4 is 4.90 Å². The zero-order valence-corrected chi connectivity index (χ0v) is 28.0. The van der Waals surface area contributed by atoms with Gasteiger partial charge in [-0.15, -0.1) is 0 Å². The number of rotatable bonds is 3. The number of nitrogens with zero attached hydrogens (tertiary/aromatic N) is 1. The molecule has 9 aromatic rings. The van der Waals surface area contributed by atoms with Crippen LogP contribution in [0.25, 0.3) is 62.7 Å². The molecular weight excluding hydrogens is 633 g/mol. The van der Waals surface area contributed by atoms with Crippen molar-refractivity contribution in [3.8, 4) is 11.1 Å². The minimum atomic E-state index is -0.0798. The summed E-state index contributed by atoms with van der Waals surface area (Å²) in [4.78, 5) is 2.53. The second-order valence-electron chi connectivity index (χ2n) is 13.3. The van der Waals surface area contributed by atoms with Gasteiger partial charge in [-0.05, 0) is 0 Å². The Balaban J connectivity index is 1.31. The van der Waals surface area contributed by atoms with Crippen LogP contribution in [-0.4, -0.2) is 14.5 Å². The summed E-state index contributed by atoms with van der Waals surface area (Å²) in [6, 6.07) is 56.8. The van der Waals surface area contributed by atoms with Crippen molar-refractivity contribution < 1.29 is 0 Å². The fourth-order valence-electron chi connectivity index (χ4n) is 8.18. The first-order chi connectivity index (χ1) is 23.1. The predicted octanol–water partition coefficient (Wildman–Crippen LogP) is 12.3. The Labute approximate surface area is 280 Å². The average Bonchev–Trinajstić information content (AvgIpc) is 3.61.